The van der Waals surface area contributed by atoms with E-state index in [1.165, 1.54) is 6.07 Å². The summed E-state index contributed by atoms with van der Waals surface area (Å²) in [4.78, 5) is 10.6. The van der Waals surface area contributed by atoms with Crippen molar-refractivity contribution < 1.29 is 13.3 Å². The minimum absolute atomic E-state index is 0.00899. The van der Waals surface area contributed by atoms with Crippen molar-refractivity contribution in [3.05, 3.63) is 64.2 Å². The van der Waals surface area contributed by atoms with Crippen LogP contribution in [-0.4, -0.2) is 19.6 Å². The maximum Gasteiger partial charge on any atom is 0.292 e. The number of sulfonamides is 1. The molecule has 23 heavy (non-hydrogen) atoms. The first-order valence-electron chi connectivity index (χ1n) is 6.84. The van der Waals surface area contributed by atoms with Crippen molar-refractivity contribution in [3.63, 3.8) is 0 Å². The molecule has 0 fully saturated rings. The summed E-state index contributed by atoms with van der Waals surface area (Å²) in [5, 5.41) is 14.1. The highest BCUT2D eigenvalue weighted by Gasteiger charge is 2.15. The van der Waals surface area contributed by atoms with Gasteiger partial charge in [-0.05, 0) is 30.7 Å². The summed E-state index contributed by atoms with van der Waals surface area (Å²) in [5.74, 6) is 0. The van der Waals surface area contributed by atoms with Gasteiger partial charge in [-0.3, -0.25) is 14.8 Å². The molecule has 2 N–H and O–H groups in total. The maximum atomic E-state index is 11.2. The van der Waals surface area contributed by atoms with Gasteiger partial charge < -0.3 is 5.32 Å². The van der Waals surface area contributed by atoms with Gasteiger partial charge in [-0.25, -0.2) is 8.42 Å². The summed E-state index contributed by atoms with van der Waals surface area (Å²) in [6, 6.07) is 13.1. The number of anilines is 2. The summed E-state index contributed by atoms with van der Waals surface area (Å²) in [6.07, 6.45) is 1.08. The summed E-state index contributed by atoms with van der Waals surface area (Å²) in [7, 11) is -3.31. The molecular weight excluding hydrogens is 318 g/mol. The standard InChI is InChI=1S/C15H17N3O4S/c1-11(16-14-5-3-4-6-15(14)18(19)20)12-7-9-13(10-8-12)17-23(2,21)22/h3-11,16-17H,1-2H3/t11-/m0/s1. The summed E-state index contributed by atoms with van der Waals surface area (Å²) >= 11 is 0. The fraction of sp³-hybridized carbons (Fsp3) is 0.200. The van der Waals surface area contributed by atoms with E-state index in [1.54, 1.807) is 42.5 Å². The van der Waals surface area contributed by atoms with Gasteiger partial charge in [0.2, 0.25) is 10.0 Å². The second kappa shape index (κ2) is 6.66. The normalized spacial score (nSPS) is 12.4. The van der Waals surface area contributed by atoms with Gasteiger partial charge in [0.1, 0.15) is 5.69 Å². The number of para-hydroxylation sites is 2. The number of hydrogen-bond acceptors (Lipinski definition) is 5. The van der Waals surface area contributed by atoms with Crippen molar-refractivity contribution in [3.8, 4) is 0 Å². The van der Waals surface area contributed by atoms with Crippen LogP contribution < -0.4 is 10.0 Å². The number of nitrogens with one attached hydrogen (secondary N) is 2. The molecule has 0 saturated carbocycles. The van der Waals surface area contributed by atoms with Gasteiger partial charge in [-0.15, -0.1) is 0 Å². The van der Waals surface area contributed by atoms with E-state index in [1.807, 2.05) is 6.92 Å². The van der Waals surface area contributed by atoms with E-state index >= 15 is 0 Å². The first-order chi connectivity index (χ1) is 10.8. The van der Waals surface area contributed by atoms with Gasteiger partial charge in [-0.2, -0.15) is 0 Å². The number of nitro benzene ring substituents is 1. The van der Waals surface area contributed by atoms with Crippen molar-refractivity contribution in [2.75, 3.05) is 16.3 Å². The number of benzene rings is 2. The maximum absolute atomic E-state index is 11.2. The third-order valence-corrected chi connectivity index (χ3v) is 3.79. The number of nitro groups is 1. The van der Waals surface area contributed by atoms with E-state index in [9.17, 15) is 18.5 Å². The van der Waals surface area contributed by atoms with E-state index in [-0.39, 0.29) is 11.7 Å². The van der Waals surface area contributed by atoms with E-state index in [2.05, 4.69) is 10.0 Å². The van der Waals surface area contributed by atoms with Gasteiger partial charge in [0.25, 0.3) is 5.69 Å². The van der Waals surface area contributed by atoms with E-state index in [0.29, 0.717) is 11.4 Å². The second-order valence-corrected chi connectivity index (χ2v) is 6.88. The van der Waals surface area contributed by atoms with Crippen molar-refractivity contribution in [2.24, 2.45) is 0 Å². The Morgan fingerprint density at radius 1 is 1.09 bits per heavy atom. The van der Waals surface area contributed by atoms with Crippen LogP contribution in [0, 0.1) is 10.1 Å². The Labute approximate surface area is 134 Å². The second-order valence-electron chi connectivity index (χ2n) is 5.14. The van der Waals surface area contributed by atoms with Gasteiger partial charge in [0, 0.05) is 17.8 Å². The topological polar surface area (TPSA) is 101 Å². The third-order valence-electron chi connectivity index (χ3n) is 3.19. The van der Waals surface area contributed by atoms with Crippen molar-refractivity contribution >= 4 is 27.1 Å². The molecule has 0 aliphatic carbocycles. The molecular formula is C15H17N3O4S. The molecule has 0 radical (unpaired) electrons. The predicted octanol–water partition coefficient (Wildman–Crippen LogP) is 3.14. The molecule has 0 bridgehead atoms. The van der Waals surface area contributed by atoms with Crippen LogP contribution in [0.1, 0.15) is 18.5 Å². The zero-order valence-corrected chi connectivity index (χ0v) is 13.5. The lowest BCUT2D eigenvalue weighted by atomic mass is 10.1. The Morgan fingerprint density at radius 3 is 2.26 bits per heavy atom. The molecule has 1 atom stereocenters. The van der Waals surface area contributed by atoms with Gasteiger partial charge in [0.05, 0.1) is 11.2 Å². The Bertz CT molecular complexity index is 804. The average Bonchev–Trinajstić information content (AvgIpc) is 2.46. The van der Waals surface area contributed by atoms with Crippen molar-refractivity contribution in [1.82, 2.24) is 0 Å². The van der Waals surface area contributed by atoms with Crippen LogP contribution in [0.3, 0.4) is 0 Å². The van der Waals surface area contributed by atoms with E-state index < -0.39 is 14.9 Å². The monoisotopic (exact) mass is 335 g/mol. The highest BCUT2D eigenvalue weighted by Crippen LogP contribution is 2.28. The van der Waals surface area contributed by atoms with Gasteiger partial charge in [0.15, 0.2) is 0 Å². The van der Waals surface area contributed by atoms with E-state index in [4.69, 9.17) is 0 Å². The summed E-state index contributed by atoms with van der Waals surface area (Å²) < 4.78 is 24.7. The average molecular weight is 335 g/mol. The minimum Gasteiger partial charge on any atom is -0.373 e. The van der Waals surface area contributed by atoms with Crippen molar-refractivity contribution in [2.45, 2.75) is 13.0 Å². The quantitative estimate of drug-likeness (QED) is 0.624. The molecule has 0 saturated heterocycles. The SMILES string of the molecule is C[C@H](Nc1ccccc1[N+](=O)[O-])c1ccc(NS(C)(=O)=O)cc1. The number of hydrogen-bond donors (Lipinski definition) is 2. The predicted molar refractivity (Wildman–Crippen MR) is 90.0 cm³/mol. The molecule has 0 heterocycles. The Balaban J connectivity index is 2.15. The fourth-order valence-electron chi connectivity index (χ4n) is 2.13. The fourth-order valence-corrected chi connectivity index (χ4v) is 2.69. The molecule has 0 amide bonds. The molecule has 0 aliphatic heterocycles. The van der Waals surface area contributed by atoms with Gasteiger partial charge >= 0.3 is 0 Å². The lowest BCUT2D eigenvalue weighted by molar-refractivity contribution is -0.384. The molecule has 122 valence electrons. The van der Waals surface area contributed by atoms with Crippen LogP contribution in [0.4, 0.5) is 17.1 Å². The number of rotatable bonds is 6. The lowest BCUT2D eigenvalue weighted by Gasteiger charge is -2.16. The summed E-state index contributed by atoms with van der Waals surface area (Å²) in [6.45, 7) is 1.87. The Kier molecular flexibility index (Phi) is 4.85. The van der Waals surface area contributed by atoms with Crippen LogP contribution in [0.15, 0.2) is 48.5 Å². The zero-order chi connectivity index (χ0) is 17.0. The van der Waals surface area contributed by atoms with Crippen LogP contribution >= 0.6 is 0 Å². The van der Waals surface area contributed by atoms with Gasteiger partial charge in [-0.1, -0.05) is 24.3 Å². The first kappa shape index (κ1) is 16.8. The highest BCUT2D eigenvalue weighted by atomic mass is 32.2. The molecule has 2 aromatic carbocycles. The summed E-state index contributed by atoms with van der Waals surface area (Å²) in [5.41, 5.74) is 1.79. The Hall–Kier alpha value is -2.61. The van der Waals surface area contributed by atoms with Crippen LogP contribution in [-0.2, 0) is 10.0 Å². The first-order valence-corrected chi connectivity index (χ1v) is 8.73. The van der Waals surface area contributed by atoms with Crippen LogP contribution in [0.2, 0.25) is 0 Å². The lowest BCUT2D eigenvalue weighted by Crippen LogP contribution is -2.10. The molecule has 0 aromatic heterocycles. The molecule has 2 aromatic rings. The number of nitrogens with zero attached hydrogens (tertiary/aromatic N) is 1. The Morgan fingerprint density at radius 2 is 1.70 bits per heavy atom. The molecule has 0 spiro atoms. The van der Waals surface area contributed by atoms with Crippen LogP contribution in [0.5, 0.6) is 0 Å². The third kappa shape index (κ3) is 4.68. The molecule has 0 unspecified atom stereocenters. The van der Waals surface area contributed by atoms with E-state index in [0.717, 1.165) is 11.8 Å². The largest absolute Gasteiger partial charge is 0.373 e. The molecule has 2 rings (SSSR count). The molecule has 7 nitrogen and oxygen atoms in total. The minimum atomic E-state index is -3.31. The molecule has 0 aliphatic rings. The smallest absolute Gasteiger partial charge is 0.292 e. The van der Waals surface area contributed by atoms with Crippen molar-refractivity contribution in [1.29, 1.82) is 0 Å². The molecule has 8 heteroatoms. The highest BCUT2D eigenvalue weighted by molar-refractivity contribution is 7.92. The zero-order valence-electron chi connectivity index (χ0n) is 12.7. The van der Waals surface area contributed by atoms with Crippen LogP contribution in [0.25, 0.3) is 0 Å².